The van der Waals surface area contributed by atoms with Crippen molar-refractivity contribution < 1.29 is 19.1 Å². The van der Waals surface area contributed by atoms with Gasteiger partial charge in [-0.2, -0.15) is 0 Å². The highest BCUT2D eigenvalue weighted by Gasteiger charge is 2.51. The largest absolute Gasteiger partial charge is 0.383 e. The third-order valence-electron chi connectivity index (χ3n) is 4.10. The summed E-state index contributed by atoms with van der Waals surface area (Å²) in [7, 11) is 1.54. The van der Waals surface area contributed by atoms with E-state index in [1.807, 2.05) is 25.1 Å². The fourth-order valence-electron chi connectivity index (χ4n) is 2.89. The minimum absolute atomic E-state index is 0.201. The third-order valence-corrected chi connectivity index (χ3v) is 4.10. The number of carbonyl (C=O) groups excluding carboxylic acids is 3. The first kappa shape index (κ1) is 17.9. The summed E-state index contributed by atoms with van der Waals surface area (Å²) in [4.78, 5) is 38.2. The van der Waals surface area contributed by atoms with E-state index in [0.717, 1.165) is 4.90 Å². The summed E-state index contributed by atoms with van der Waals surface area (Å²) >= 11 is 0. The van der Waals surface area contributed by atoms with Gasteiger partial charge in [0.1, 0.15) is 12.1 Å². The lowest BCUT2D eigenvalue weighted by atomic mass is 9.87. The Bertz CT molecular complexity index is 620. The molecule has 4 amide bonds. The zero-order valence-electron chi connectivity index (χ0n) is 14.2. The maximum Gasteiger partial charge on any atom is 0.325 e. The maximum absolute atomic E-state index is 12.9. The van der Waals surface area contributed by atoms with Gasteiger partial charge in [0.15, 0.2) is 0 Å². The molecule has 0 aliphatic carbocycles. The average molecular weight is 333 g/mol. The molecule has 0 saturated carbocycles. The molecule has 24 heavy (non-hydrogen) atoms. The highest BCUT2D eigenvalue weighted by Crippen LogP contribution is 2.32. The molecule has 1 fully saturated rings. The smallest absolute Gasteiger partial charge is 0.325 e. The normalized spacial score (nSPS) is 21.5. The summed E-state index contributed by atoms with van der Waals surface area (Å²) in [6.45, 7) is 3.66. The van der Waals surface area contributed by atoms with Crippen LogP contribution in [0.5, 0.6) is 0 Å². The maximum atomic E-state index is 12.9. The molecule has 0 spiro atoms. The van der Waals surface area contributed by atoms with Crippen molar-refractivity contribution in [1.29, 1.82) is 0 Å². The van der Waals surface area contributed by atoms with Crippen molar-refractivity contribution in [3.05, 3.63) is 35.9 Å². The molecular weight excluding hydrogens is 310 g/mol. The summed E-state index contributed by atoms with van der Waals surface area (Å²) in [5.41, 5.74) is -0.405. The van der Waals surface area contributed by atoms with E-state index in [9.17, 15) is 14.4 Å². The minimum Gasteiger partial charge on any atom is -0.383 e. The van der Waals surface area contributed by atoms with E-state index < -0.39 is 23.4 Å². The Labute approximate surface area is 141 Å². The highest BCUT2D eigenvalue weighted by molar-refractivity contribution is 6.09. The first-order valence-electron chi connectivity index (χ1n) is 7.92. The number of amides is 4. The molecule has 7 nitrogen and oxygen atoms in total. The molecule has 0 unspecified atom stereocenters. The van der Waals surface area contributed by atoms with Crippen LogP contribution in [0.25, 0.3) is 0 Å². The average Bonchev–Trinajstić information content (AvgIpc) is 2.81. The number of carbonyl (C=O) groups is 3. The zero-order chi connectivity index (χ0) is 17.7. The lowest BCUT2D eigenvalue weighted by molar-refractivity contribution is -0.135. The highest BCUT2D eigenvalue weighted by atomic mass is 16.5. The fraction of sp³-hybridized carbons (Fsp3) is 0.471. The number of rotatable bonds is 7. The Balaban J connectivity index is 2.15. The summed E-state index contributed by atoms with van der Waals surface area (Å²) < 4.78 is 4.95. The number of hydrogen-bond acceptors (Lipinski definition) is 4. The molecule has 2 atom stereocenters. The summed E-state index contributed by atoms with van der Waals surface area (Å²) in [5, 5.41) is 5.45. The number of benzene rings is 1. The Kier molecular flexibility index (Phi) is 5.56. The predicted molar refractivity (Wildman–Crippen MR) is 88.1 cm³/mol. The topological polar surface area (TPSA) is 87.7 Å². The van der Waals surface area contributed by atoms with Crippen LogP contribution in [0.3, 0.4) is 0 Å². The minimum atomic E-state index is -1.11. The van der Waals surface area contributed by atoms with Gasteiger partial charge in [-0.1, -0.05) is 37.3 Å². The Morgan fingerprint density at radius 3 is 2.58 bits per heavy atom. The van der Waals surface area contributed by atoms with E-state index in [1.165, 1.54) is 7.11 Å². The van der Waals surface area contributed by atoms with Crippen molar-refractivity contribution in [3.63, 3.8) is 0 Å². The summed E-state index contributed by atoms with van der Waals surface area (Å²) in [5.74, 6) is -0.807. The fourth-order valence-corrected chi connectivity index (χ4v) is 2.89. The molecule has 1 aliphatic rings. The van der Waals surface area contributed by atoms with Gasteiger partial charge in [-0.05, 0) is 18.9 Å². The Morgan fingerprint density at radius 1 is 1.33 bits per heavy atom. The van der Waals surface area contributed by atoms with E-state index in [1.54, 1.807) is 19.1 Å². The number of nitrogens with one attached hydrogen (secondary N) is 2. The van der Waals surface area contributed by atoms with Crippen molar-refractivity contribution >= 4 is 17.8 Å². The number of urea groups is 1. The van der Waals surface area contributed by atoms with Crippen LogP contribution < -0.4 is 10.6 Å². The van der Waals surface area contributed by atoms with E-state index in [0.29, 0.717) is 18.6 Å². The third kappa shape index (κ3) is 3.41. The first-order valence-corrected chi connectivity index (χ1v) is 7.92. The van der Waals surface area contributed by atoms with Crippen molar-refractivity contribution in [1.82, 2.24) is 15.5 Å². The molecule has 1 aromatic rings. The molecule has 130 valence electrons. The first-order chi connectivity index (χ1) is 11.4. The van der Waals surface area contributed by atoms with Crippen LogP contribution in [0.15, 0.2) is 30.3 Å². The molecule has 2 rings (SSSR count). The van der Waals surface area contributed by atoms with Gasteiger partial charge in [-0.15, -0.1) is 0 Å². The second kappa shape index (κ2) is 7.44. The van der Waals surface area contributed by atoms with Crippen molar-refractivity contribution in [2.45, 2.75) is 31.8 Å². The lowest BCUT2D eigenvalue weighted by Crippen LogP contribution is -2.46. The summed E-state index contributed by atoms with van der Waals surface area (Å²) in [6.07, 6.45) is 0.403. The van der Waals surface area contributed by atoms with Gasteiger partial charge < -0.3 is 15.4 Å². The van der Waals surface area contributed by atoms with Crippen LogP contribution in [-0.2, 0) is 19.9 Å². The molecule has 0 aromatic heterocycles. The lowest BCUT2D eigenvalue weighted by Gasteiger charge is -2.25. The van der Waals surface area contributed by atoms with E-state index in [-0.39, 0.29) is 12.6 Å². The van der Waals surface area contributed by atoms with Crippen LogP contribution in [0.2, 0.25) is 0 Å². The molecule has 1 saturated heterocycles. The van der Waals surface area contributed by atoms with E-state index in [2.05, 4.69) is 10.6 Å². The van der Waals surface area contributed by atoms with Crippen LogP contribution in [0.4, 0.5) is 4.79 Å². The van der Waals surface area contributed by atoms with Crippen LogP contribution in [0.1, 0.15) is 25.8 Å². The Hall–Kier alpha value is -2.41. The number of nitrogens with zero attached hydrogens (tertiary/aromatic N) is 1. The van der Waals surface area contributed by atoms with Crippen LogP contribution >= 0.6 is 0 Å². The molecular formula is C17H23N3O4. The monoisotopic (exact) mass is 333 g/mol. The molecule has 2 N–H and O–H groups in total. The molecule has 1 aromatic carbocycles. The molecule has 1 heterocycles. The Morgan fingerprint density at radius 2 is 2.00 bits per heavy atom. The second-order valence-corrected chi connectivity index (χ2v) is 5.87. The van der Waals surface area contributed by atoms with Gasteiger partial charge in [0.25, 0.3) is 5.91 Å². The van der Waals surface area contributed by atoms with Gasteiger partial charge >= 0.3 is 6.03 Å². The second-order valence-electron chi connectivity index (χ2n) is 5.87. The van der Waals surface area contributed by atoms with Gasteiger partial charge in [-0.25, -0.2) is 4.79 Å². The standard InChI is InChI=1S/C17H23N3O4/c1-4-17(13-8-6-5-7-9-13)15(22)20(16(23)19-17)10-14(21)18-12(2)11-24-3/h5-9,12H,4,10-11H2,1-3H3,(H,18,21)(H,19,23)/t12-,17-/m1/s1. The number of methoxy groups -OCH3 is 1. The zero-order valence-corrected chi connectivity index (χ0v) is 14.2. The molecule has 0 bridgehead atoms. The summed E-state index contributed by atoms with van der Waals surface area (Å²) in [6, 6.07) is 8.31. The van der Waals surface area contributed by atoms with Gasteiger partial charge in [0.05, 0.1) is 6.61 Å². The SMILES string of the molecule is CC[C@]1(c2ccccc2)NC(=O)N(CC(=O)N[C@H](C)COC)C1=O. The van der Waals surface area contributed by atoms with Crippen molar-refractivity contribution in [2.75, 3.05) is 20.3 Å². The van der Waals surface area contributed by atoms with Crippen molar-refractivity contribution in [2.24, 2.45) is 0 Å². The number of hydrogen-bond donors (Lipinski definition) is 2. The van der Waals surface area contributed by atoms with Crippen LogP contribution in [-0.4, -0.2) is 49.0 Å². The van der Waals surface area contributed by atoms with Gasteiger partial charge in [0, 0.05) is 13.2 Å². The van der Waals surface area contributed by atoms with Crippen LogP contribution in [0, 0.1) is 0 Å². The van der Waals surface area contributed by atoms with Gasteiger partial charge in [0.2, 0.25) is 5.91 Å². The van der Waals surface area contributed by atoms with E-state index in [4.69, 9.17) is 4.74 Å². The molecule has 0 radical (unpaired) electrons. The van der Waals surface area contributed by atoms with E-state index >= 15 is 0 Å². The quantitative estimate of drug-likeness (QED) is 0.729. The predicted octanol–water partition coefficient (Wildman–Crippen LogP) is 0.995. The number of ether oxygens (including phenoxy) is 1. The molecule has 1 aliphatic heterocycles. The van der Waals surface area contributed by atoms with Gasteiger partial charge in [-0.3, -0.25) is 14.5 Å². The van der Waals surface area contributed by atoms with Crippen molar-refractivity contribution in [3.8, 4) is 0 Å². The molecule has 7 heteroatoms. The number of imide groups is 1.